The van der Waals surface area contributed by atoms with E-state index in [0.29, 0.717) is 5.56 Å². The zero-order chi connectivity index (χ0) is 15.3. The first-order valence-electron chi connectivity index (χ1n) is 5.53. The lowest BCUT2D eigenvalue weighted by Gasteiger charge is -2.12. The highest BCUT2D eigenvalue weighted by Crippen LogP contribution is 2.18. The van der Waals surface area contributed by atoms with Crippen LogP contribution in [0.3, 0.4) is 0 Å². The molecule has 0 aliphatic heterocycles. The first kappa shape index (κ1) is 15.8. The second kappa shape index (κ2) is 6.27. The smallest absolute Gasteiger partial charge is 0.405 e. The molecule has 0 radical (unpaired) electrons. The summed E-state index contributed by atoms with van der Waals surface area (Å²) in [5.74, 6) is -0.608. The molecule has 0 heterocycles. The number of amides is 2. The molecule has 0 saturated heterocycles. The lowest BCUT2D eigenvalue weighted by Crippen LogP contribution is -2.36. The fraction of sp³-hybridized carbons (Fsp3) is 0.333. The van der Waals surface area contributed by atoms with Crippen LogP contribution in [0.4, 0.5) is 23.7 Å². The number of rotatable bonds is 3. The van der Waals surface area contributed by atoms with E-state index in [9.17, 15) is 22.8 Å². The Morgan fingerprint density at radius 3 is 2.50 bits per heavy atom. The van der Waals surface area contributed by atoms with Crippen LogP contribution in [-0.4, -0.2) is 31.8 Å². The molecule has 5 nitrogen and oxygen atoms in total. The van der Waals surface area contributed by atoms with Gasteiger partial charge in [0, 0.05) is 5.69 Å². The highest BCUT2D eigenvalue weighted by molar-refractivity contribution is 5.94. The molecule has 0 spiro atoms. The summed E-state index contributed by atoms with van der Waals surface area (Å²) in [6, 6.07) is 3.35. The van der Waals surface area contributed by atoms with Gasteiger partial charge in [0.05, 0.1) is 12.7 Å². The Balaban J connectivity index is 2.76. The molecule has 20 heavy (non-hydrogen) atoms. The molecular formula is C12H13F3N2O3. The molecule has 110 valence electrons. The zero-order valence-corrected chi connectivity index (χ0v) is 10.8. The van der Waals surface area contributed by atoms with Gasteiger partial charge in [0.15, 0.2) is 0 Å². The number of nitrogens with one attached hydrogen (secondary N) is 2. The number of methoxy groups -OCH3 is 1. The highest BCUT2D eigenvalue weighted by Gasteiger charge is 2.27. The average molecular weight is 290 g/mol. The first-order valence-corrected chi connectivity index (χ1v) is 5.53. The number of hydrogen-bond donors (Lipinski definition) is 2. The third-order valence-corrected chi connectivity index (χ3v) is 2.36. The lowest BCUT2D eigenvalue weighted by molar-refractivity contribution is -0.122. The number of urea groups is 1. The van der Waals surface area contributed by atoms with E-state index in [2.05, 4.69) is 10.1 Å². The SMILES string of the molecule is COC(=O)c1ccc(C)c(NC(=O)NCC(F)(F)F)c1. The average Bonchev–Trinajstić information content (AvgIpc) is 2.37. The molecule has 8 heteroatoms. The van der Waals surface area contributed by atoms with Crippen LogP contribution in [0.2, 0.25) is 0 Å². The normalized spacial score (nSPS) is 10.8. The van der Waals surface area contributed by atoms with Crippen LogP contribution in [-0.2, 0) is 4.74 Å². The fourth-order valence-electron chi connectivity index (χ4n) is 1.35. The summed E-state index contributed by atoms with van der Waals surface area (Å²) < 4.78 is 40.4. The number of ether oxygens (including phenoxy) is 1. The van der Waals surface area contributed by atoms with Crippen molar-refractivity contribution in [2.24, 2.45) is 0 Å². The van der Waals surface area contributed by atoms with E-state index in [1.807, 2.05) is 0 Å². The highest BCUT2D eigenvalue weighted by atomic mass is 19.4. The summed E-state index contributed by atoms with van der Waals surface area (Å²) in [5, 5.41) is 3.91. The fourth-order valence-corrected chi connectivity index (χ4v) is 1.35. The summed E-state index contributed by atoms with van der Waals surface area (Å²) in [6.45, 7) is 0.203. The van der Waals surface area contributed by atoms with E-state index < -0.39 is 24.7 Å². The molecule has 0 aliphatic rings. The number of halogens is 3. The number of carbonyl (C=O) groups excluding carboxylic acids is 2. The van der Waals surface area contributed by atoms with Crippen LogP contribution in [0.1, 0.15) is 15.9 Å². The van der Waals surface area contributed by atoms with Crippen LogP contribution in [0.25, 0.3) is 0 Å². The molecule has 2 N–H and O–H groups in total. The van der Waals surface area contributed by atoms with Gasteiger partial charge in [0.25, 0.3) is 0 Å². The predicted molar refractivity (Wildman–Crippen MR) is 65.6 cm³/mol. The van der Waals surface area contributed by atoms with Gasteiger partial charge in [-0.1, -0.05) is 6.07 Å². The lowest BCUT2D eigenvalue weighted by atomic mass is 10.1. The first-order chi connectivity index (χ1) is 9.23. The Kier molecular flexibility index (Phi) is 4.95. The van der Waals surface area contributed by atoms with Gasteiger partial charge in [-0.3, -0.25) is 0 Å². The van der Waals surface area contributed by atoms with Gasteiger partial charge < -0.3 is 15.4 Å². The minimum Gasteiger partial charge on any atom is -0.465 e. The van der Waals surface area contributed by atoms with Gasteiger partial charge in [-0.25, -0.2) is 9.59 Å². The van der Waals surface area contributed by atoms with Crippen molar-refractivity contribution < 1.29 is 27.5 Å². The standard InChI is InChI=1S/C12H13F3N2O3/c1-7-3-4-8(10(18)20-2)5-9(7)17-11(19)16-6-12(13,14)15/h3-5H,6H2,1-2H3,(H2,16,17,19). The zero-order valence-electron chi connectivity index (χ0n) is 10.8. The molecule has 0 aliphatic carbocycles. The second-order valence-corrected chi connectivity index (χ2v) is 3.94. The Labute approximate surface area is 113 Å². The van der Waals surface area contributed by atoms with E-state index in [0.717, 1.165) is 0 Å². The Bertz CT molecular complexity index is 515. The molecular weight excluding hydrogens is 277 g/mol. The number of benzene rings is 1. The van der Waals surface area contributed by atoms with Gasteiger partial charge in [0.2, 0.25) is 0 Å². The Morgan fingerprint density at radius 1 is 1.30 bits per heavy atom. The predicted octanol–water partition coefficient (Wildman–Crippen LogP) is 2.47. The van der Waals surface area contributed by atoms with E-state index in [4.69, 9.17) is 0 Å². The summed E-state index contributed by atoms with van der Waals surface area (Å²) in [5.41, 5.74) is 1.01. The second-order valence-electron chi connectivity index (χ2n) is 3.94. The molecule has 1 rings (SSSR count). The van der Waals surface area contributed by atoms with Crippen LogP contribution in [0.15, 0.2) is 18.2 Å². The Hall–Kier alpha value is -2.25. The summed E-state index contributed by atoms with van der Waals surface area (Å²) in [6.07, 6.45) is -4.49. The molecule has 1 aromatic rings. The van der Waals surface area contributed by atoms with Crippen molar-refractivity contribution in [3.8, 4) is 0 Å². The molecule has 0 aromatic heterocycles. The van der Waals surface area contributed by atoms with Gasteiger partial charge in [0.1, 0.15) is 6.54 Å². The maximum Gasteiger partial charge on any atom is 0.405 e. The van der Waals surface area contributed by atoms with Crippen LogP contribution in [0.5, 0.6) is 0 Å². The number of anilines is 1. The maximum absolute atomic E-state index is 11.9. The van der Waals surface area contributed by atoms with Crippen molar-refractivity contribution in [1.29, 1.82) is 0 Å². The third kappa shape index (κ3) is 4.79. The van der Waals surface area contributed by atoms with Crippen molar-refractivity contribution in [1.82, 2.24) is 5.32 Å². The minimum absolute atomic E-state index is 0.184. The minimum atomic E-state index is -4.49. The number of esters is 1. The van der Waals surface area contributed by atoms with E-state index in [1.54, 1.807) is 18.3 Å². The van der Waals surface area contributed by atoms with Gasteiger partial charge in [-0.05, 0) is 24.6 Å². The quantitative estimate of drug-likeness (QED) is 0.840. The monoisotopic (exact) mass is 290 g/mol. The van der Waals surface area contributed by atoms with Crippen molar-refractivity contribution in [2.45, 2.75) is 13.1 Å². The number of aryl methyl sites for hydroxylation is 1. The molecule has 0 atom stereocenters. The maximum atomic E-state index is 11.9. The number of carbonyl (C=O) groups is 2. The topological polar surface area (TPSA) is 67.4 Å². The van der Waals surface area contributed by atoms with Crippen LogP contribution in [0, 0.1) is 6.92 Å². The van der Waals surface area contributed by atoms with E-state index >= 15 is 0 Å². The molecule has 1 aromatic carbocycles. The molecule has 2 amide bonds. The number of hydrogen-bond acceptors (Lipinski definition) is 3. The van der Waals surface area contributed by atoms with Crippen molar-refractivity contribution in [2.75, 3.05) is 19.0 Å². The van der Waals surface area contributed by atoms with Crippen LogP contribution < -0.4 is 10.6 Å². The van der Waals surface area contributed by atoms with E-state index in [-0.39, 0.29) is 11.3 Å². The van der Waals surface area contributed by atoms with Gasteiger partial charge in [-0.2, -0.15) is 13.2 Å². The van der Waals surface area contributed by atoms with Crippen molar-refractivity contribution in [3.05, 3.63) is 29.3 Å². The van der Waals surface area contributed by atoms with E-state index in [1.165, 1.54) is 19.2 Å². The largest absolute Gasteiger partial charge is 0.465 e. The third-order valence-electron chi connectivity index (χ3n) is 2.36. The molecule has 0 unspecified atom stereocenters. The van der Waals surface area contributed by atoms with Crippen molar-refractivity contribution >= 4 is 17.7 Å². The molecule has 0 fully saturated rings. The van der Waals surface area contributed by atoms with Gasteiger partial charge in [-0.15, -0.1) is 0 Å². The van der Waals surface area contributed by atoms with Crippen molar-refractivity contribution in [3.63, 3.8) is 0 Å². The molecule has 0 saturated carbocycles. The Morgan fingerprint density at radius 2 is 1.95 bits per heavy atom. The van der Waals surface area contributed by atoms with Gasteiger partial charge >= 0.3 is 18.2 Å². The molecule has 0 bridgehead atoms. The summed E-state index contributed by atoms with van der Waals surface area (Å²) in [7, 11) is 1.20. The number of alkyl halides is 3. The van der Waals surface area contributed by atoms with Crippen LogP contribution >= 0.6 is 0 Å². The summed E-state index contributed by atoms with van der Waals surface area (Å²) >= 11 is 0. The summed E-state index contributed by atoms with van der Waals surface area (Å²) in [4.78, 5) is 22.6.